The second kappa shape index (κ2) is 56.8. The Bertz CT molecular complexity index is 4370. The number of ether oxygens (including phenoxy) is 2. The van der Waals surface area contributed by atoms with E-state index in [0.717, 1.165) is 11.1 Å². The highest BCUT2D eigenvalue weighted by atomic mass is 16.5. The summed E-state index contributed by atoms with van der Waals surface area (Å²) in [5.74, 6) is -8.72. The van der Waals surface area contributed by atoms with E-state index in [0.29, 0.717) is 107 Å². The van der Waals surface area contributed by atoms with Crippen molar-refractivity contribution in [3.63, 3.8) is 0 Å². The number of rotatable bonds is 57. The van der Waals surface area contributed by atoms with Gasteiger partial charge in [-0.15, -0.1) is 0 Å². The van der Waals surface area contributed by atoms with Gasteiger partial charge in [0.2, 0.25) is 71.4 Å². The standard InChI is InChI=1S/C101H158N16O18/c1-20-65(11)93(114(17)100(132)91(63(7)8)112-99(131)92(64(9)10)113(15)16)83(134-18)55-88(126)117-46-26-30-79(117)94(135-19)68(14)80(119)54-76(51-69-27-23-22-24-28-69)96(128)106-58-71-33-37-78(38-34-71)109-98(130)74(29-25-45-105-101(102)133)53-82(121)90(62(5)6)111-85(123)40-42-87(125)116-48-44-75(50-67(116)13)95(127)107-59-103-57-72-43-47-115(66(12)49-72)86(124)41-39-84(122)110-89(61(3)4)81(120)52-73(21-2)97(129)108-77-35-31-70(32-36-77)56-104-60-118/h22-24,27-28,31-38,60-68,72-76,79,83,89-94,103H,20-21,25-26,29-30,39-59H2,1-19H3,(H,104,118)(H,106,128)(H,107,127)(H,108,129)(H,109,130)(H,110,122)(H,111,123)(H,112,131)(H3,102,105,133)/t65-,66?,67?,68-,72?,73+,74+,75?,76+,79-,83+,89-,90-,91-,92-,93-,94+/m0/s1. The van der Waals surface area contributed by atoms with Crippen molar-refractivity contribution in [1.82, 2.24) is 67.0 Å². The largest absolute Gasteiger partial charge is 0.379 e. The SMILES string of the molecule is CC[C@H](CC(=O)[C@@H](NC(=O)CCC(=O)N1CCC(CNCNC(=O)C2CCN(C(=O)CCC(=O)N[C@H](C(=O)C[C@@H](CCCNC(N)=O)C(=O)Nc3ccc(CNC(=O)[C@@H](CC(=O)[C@H](C)[C@@H](OC)[C@@H]4CCCN4C(=O)C[C@@H](OC)[C@H]([C@@H](C)CC)N(C)C(=O)[C@@H](NC(=O)[C@H](C(C)C)N(C)C)C(C)C)Cc4ccccc4)cc3)C(C)C)C(C)C2)CC1C)C(C)C)C(=O)Nc1ccc(CNC=O)cc1. The van der Waals surface area contributed by atoms with E-state index >= 15 is 0 Å². The summed E-state index contributed by atoms with van der Waals surface area (Å²) in [6, 6.07) is 17.8. The number of hydrogen-bond acceptors (Lipinski definition) is 20. The molecule has 6 rings (SSSR count). The maximum atomic E-state index is 14.7. The van der Waals surface area contributed by atoms with Gasteiger partial charge in [0.05, 0.1) is 55.5 Å². The van der Waals surface area contributed by atoms with Gasteiger partial charge in [0.25, 0.3) is 0 Å². The van der Waals surface area contributed by atoms with Crippen molar-refractivity contribution in [2.75, 3.05) is 85.4 Å². The predicted molar refractivity (Wildman–Crippen MR) is 518 cm³/mol. The lowest BCUT2D eigenvalue weighted by Gasteiger charge is -2.41. The van der Waals surface area contributed by atoms with Crippen LogP contribution >= 0.6 is 0 Å². The monoisotopic (exact) mass is 1880 g/mol. The van der Waals surface area contributed by atoms with Crippen molar-refractivity contribution in [2.24, 2.45) is 70.8 Å². The zero-order valence-electron chi connectivity index (χ0n) is 83.5. The van der Waals surface area contributed by atoms with Gasteiger partial charge in [-0.05, 0) is 175 Å². The molecule has 3 saturated heterocycles. The number of urea groups is 1. The molecule has 0 bridgehead atoms. The number of nitrogens with two attached hydrogens (primary N) is 1. The van der Waals surface area contributed by atoms with Crippen LogP contribution in [0.25, 0.3) is 0 Å². The molecule has 14 amide bonds. The Balaban J connectivity index is 0.947. The minimum atomic E-state index is -1.02. The molecule has 17 atom stereocenters. The van der Waals surface area contributed by atoms with E-state index in [1.54, 1.807) is 95.9 Å². The average molecular weight is 1880 g/mol. The molecule has 0 spiro atoms. The second-order valence-corrected chi connectivity index (χ2v) is 38.9. The first-order chi connectivity index (χ1) is 64.1. The van der Waals surface area contributed by atoms with Crippen LogP contribution in [0.1, 0.15) is 229 Å². The van der Waals surface area contributed by atoms with E-state index in [2.05, 4.69) is 53.2 Å². The maximum Gasteiger partial charge on any atom is 0.312 e. The molecule has 12 N–H and O–H groups in total. The van der Waals surface area contributed by atoms with Crippen LogP contribution < -0.4 is 58.9 Å². The van der Waals surface area contributed by atoms with Gasteiger partial charge in [0.15, 0.2) is 11.6 Å². The molecule has 135 heavy (non-hydrogen) atoms. The van der Waals surface area contributed by atoms with Gasteiger partial charge in [-0.1, -0.05) is 144 Å². The van der Waals surface area contributed by atoms with Gasteiger partial charge in [-0.2, -0.15) is 0 Å². The molecule has 3 aromatic carbocycles. The molecule has 3 aliphatic heterocycles. The third kappa shape index (κ3) is 35.5. The fourth-order valence-electron chi connectivity index (χ4n) is 19.1. The summed E-state index contributed by atoms with van der Waals surface area (Å²) in [5.41, 5.74) is 8.66. The normalized spacial score (nSPS) is 18.9. The lowest BCUT2D eigenvalue weighted by atomic mass is 9.85. The van der Waals surface area contributed by atoms with Gasteiger partial charge < -0.3 is 82.7 Å². The zero-order chi connectivity index (χ0) is 100. The number of piperidine rings is 2. The third-order valence-electron chi connectivity index (χ3n) is 27.1. The Morgan fingerprint density at radius 2 is 1.07 bits per heavy atom. The van der Waals surface area contributed by atoms with Crippen LogP contribution in [0.3, 0.4) is 0 Å². The van der Waals surface area contributed by atoms with Crippen molar-refractivity contribution in [1.29, 1.82) is 0 Å². The van der Waals surface area contributed by atoms with Crippen LogP contribution in [0, 0.1) is 65.1 Å². The first-order valence-corrected chi connectivity index (χ1v) is 48.7. The van der Waals surface area contributed by atoms with Gasteiger partial charge in [0, 0.05) is 159 Å². The van der Waals surface area contributed by atoms with Gasteiger partial charge in [-0.25, -0.2) is 4.79 Å². The van der Waals surface area contributed by atoms with Crippen molar-refractivity contribution in [3.8, 4) is 0 Å². The molecule has 0 aliphatic carbocycles. The minimum absolute atomic E-state index is 0.0151. The highest BCUT2D eigenvalue weighted by molar-refractivity contribution is 5.99. The summed E-state index contributed by atoms with van der Waals surface area (Å²) >= 11 is 0. The minimum Gasteiger partial charge on any atom is -0.379 e. The lowest BCUT2D eigenvalue weighted by molar-refractivity contribution is -0.148. The number of hydrogen-bond donors (Lipinski definition) is 11. The van der Waals surface area contributed by atoms with Gasteiger partial charge in [0.1, 0.15) is 11.8 Å². The fourth-order valence-corrected chi connectivity index (χ4v) is 19.1. The average Bonchev–Trinajstić information content (AvgIpc) is 1.76. The predicted octanol–water partition coefficient (Wildman–Crippen LogP) is 8.36. The van der Waals surface area contributed by atoms with E-state index < -0.39 is 108 Å². The number of nitrogens with one attached hydrogen (secondary N) is 10. The molecule has 750 valence electrons. The molecule has 4 unspecified atom stereocenters. The van der Waals surface area contributed by atoms with Crippen molar-refractivity contribution in [2.45, 2.75) is 293 Å². The summed E-state index contributed by atoms with van der Waals surface area (Å²) in [6.07, 6.45) is 3.27. The Morgan fingerprint density at radius 3 is 1.57 bits per heavy atom. The van der Waals surface area contributed by atoms with E-state index in [9.17, 15) is 76.7 Å². The van der Waals surface area contributed by atoms with Crippen LogP contribution in [0.15, 0.2) is 78.9 Å². The number of carbonyl (C=O) groups is 16. The van der Waals surface area contributed by atoms with Crippen LogP contribution in [0.4, 0.5) is 16.2 Å². The number of likely N-dealkylation sites (tertiary alicyclic amines) is 3. The van der Waals surface area contributed by atoms with E-state index in [4.69, 9.17) is 15.2 Å². The number of carbonyl (C=O) groups excluding carboxylic acids is 16. The number of anilines is 2. The molecule has 0 aromatic heterocycles. The highest BCUT2D eigenvalue weighted by Gasteiger charge is 2.45. The maximum absolute atomic E-state index is 14.7. The summed E-state index contributed by atoms with van der Waals surface area (Å²) in [7, 11) is 8.43. The van der Waals surface area contributed by atoms with Crippen LogP contribution in [0.2, 0.25) is 0 Å². The molecule has 3 aromatic rings. The van der Waals surface area contributed by atoms with Crippen molar-refractivity contribution in [3.05, 3.63) is 95.6 Å². The molecule has 3 heterocycles. The van der Waals surface area contributed by atoms with Gasteiger partial charge in [-0.3, -0.25) is 82.1 Å². The third-order valence-corrected chi connectivity index (χ3v) is 27.1. The first-order valence-electron chi connectivity index (χ1n) is 48.7. The van der Waals surface area contributed by atoms with Gasteiger partial charge >= 0.3 is 6.03 Å². The molecular formula is C101H158N16O18. The van der Waals surface area contributed by atoms with Crippen LogP contribution in [-0.4, -0.2) is 255 Å². The Kier molecular flexibility index (Phi) is 47.6. The summed E-state index contributed by atoms with van der Waals surface area (Å²) in [5, 5.41) is 28.9. The Labute approximate surface area is 799 Å². The van der Waals surface area contributed by atoms with Crippen LogP contribution in [-0.2, 0) is 101 Å². The number of methoxy groups -OCH3 is 2. The number of ketones is 3. The highest BCUT2D eigenvalue weighted by Crippen LogP contribution is 2.34. The van der Waals surface area contributed by atoms with Crippen molar-refractivity contribution >= 4 is 106 Å². The molecule has 0 radical (unpaired) electrons. The first kappa shape index (κ1) is 113. The molecule has 34 heteroatoms. The smallest absolute Gasteiger partial charge is 0.312 e. The van der Waals surface area contributed by atoms with E-state index in [-0.39, 0.29) is 197 Å². The Hall–Kier alpha value is -10.6. The topological polar surface area (TPSA) is 454 Å². The number of likely N-dealkylation sites (N-methyl/N-ethyl adjacent to an activating group) is 2. The number of nitrogens with zero attached hydrogens (tertiary/aromatic N) is 5. The number of amides is 14. The molecule has 3 aliphatic rings. The van der Waals surface area contributed by atoms with E-state index in [1.165, 1.54) is 14.2 Å². The molecule has 34 nitrogen and oxygen atoms in total. The Morgan fingerprint density at radius 1 is 0.526 bits per heavy atom. The zero-order valence-corrected chi connectivity index (χ0v) is 83.5. The number of benzene rings is 3. The van der Waals surface area contributed by atoms with Crippen molar-refractivity contribution < 1.29 is 86.2 Å². The summed E-state index contributed by atoms with van der Waals surface area (Å²) in [6.45, 7) is 28.9. The second-order valence-electron chi connectivity index (χ2n) is 38.9. The quantitative estimate of drug-likeness (QED) is 0.0144. The summed E-state index contributed by atoms with van der Waals surface area (Å²) in [4.78, 5) is 226. The summed E-state index contributed by atoms with van der Waals surface area (Å²) < 4.78 is 12.3. The molecule has 0 saturated carbocycles. The fraction of sp³-hybridized carbons (Fsp3) is 0.663. The molecule has 3 fully saturated rings. The van der Waals surface area contributed by atoms with Crippen LogP contribution in [0.5, 0.6) is 0 Å². The number of primary amides is 1. The molecular weight excluding hydrogens is 1730 g/mol. The lowest BCUT2D eigenvalue weighted by Crippen LogP contribution is -2.59. The van der Waals surface area contributed by atoms with E-state index in [1.807, 2.05) is 125 Å². The number of Topliss-reactive ketones (excluding diaryl/α,β-unsaturated/α-hetero) is 3.